The highest BCUT2D eigenvalue weighted by atomic mass is 79.9. The number of alkyl halides is 1. The molecule has 3 nitrogen and oxygen atoms in total. The Hall–Kier alpha value is -1.01. The van der Waals surface area contributed by atoms with Crippen molar-refractivity contribution in [2.45, 2.75) is 26.3 Å². The van der Waals surface area contributed by atoms with Crippen LogP contribution in [0.2, 0.25) is 0 Å². The molecule has 108 valence electrons. The standard InChI is InChI=1S/C13H13BrClF2N3/c1-7(2)6-20-11(5-15)18-19-13(20)12-9(16)3-8(14)4-10(12)17/h3-4,7H,5-6H2,1-2H3. The summed E-state index contributed by atoms with van der Waals surface area (Å²) in [6, 6.07) is 2.40. The first-order chi connectivity index (χ1) is 9.43. The summed E-state index contributed by atoms with van der Waals surface area (Å²) in [5, 5.41) is 7.80. The molecule has 0 radical (unpaired) electrons. The van der Waals surface area contributed by atoms with Crippen LogP contribution in [-0.2, 0) is 12.4 Å². The van der Waals surface area contributed by atoms with Crippen molar-refractivity contribution in [3.63, 3.8) is 0 Å². The zero-order chi connectivity index (χ0) is 14.9. The van der Waals surface area contributed by atoms with E-state index >= 15 is 0 Å². The maximum Gasteiger partial charge on any atom is 0.169 e. The van der Waals surface area contributed by atoms with Gasteiger partial charge in [-0.15, -0.1) is 21.8 Å². The number of halogens is 4. The Morgan fingerprint density at radius 2 is 1.85 bits per heavy atom. The lowest BCUT2D eigenvalue weighted by Gasteiger charge is -2.12. The number of benzene rings is 1. The van der Waals surface area contributed by atoms with Gasteiger partial charge < -0.3 is 4.57 Å². The second kappa shape index (κ2) is 6.18. The Labute approximate surface area is 129 Å². The average molecular weight is 365 g/mol. The highest BCUT2D eigenvalue weighted by molar-refractivity contribution is 9.10. The number of hydrogen-bond acceptors (Lipinski definition) is 2. The van der Waals surface area contributed by atoms with E-state index in [0.717, 1.165) is 0 Å². The fourth-order valence-corrected chi connectivity index (χ4v) is 2.53. The van der Waals surface area contributed by atoms with Gasteiger partial charge in [-0.25, -0.2) is 8.78 Å². The van der Waals surface area contributed by atoms with Crippen molar-refractivity contribution < 1.29 is 8.78 Å². The lowest BCUT2D eigenvalue weighted by molar-refractivity contribution is 0.511. The first-order valence-electron chi connectivity index (χ1n) is 6.07. The van der Waals surface area contributed by atoms with Crippen LogP contribution in [0.25, 0.3) is 11.4 Å². The largest absolute Gasteiger partial charge is 0.310 e. The van der Waals surface area contributed by atoms with E-state index < -0.39 is 11.6 Å². The normalized spacial score (nSPS) is 11.3. The van der Waals surface area contributed by atoms with E-state index in [9.17, 15) is 8.78 Å². The minimum absolute atomic E-state index is 0.138. The number of rotatable bonds is 4. The molecule has 2 rings (SSSR count). The van der Waals surface area contributed by atoms with Gasteiger partial charge in [0.1, 0.15) is 17.5 Å². The second-order valence-electron chi connectivity index (χ2n) is 4.82. The summed E-state index contributed by atoms with van der Waals surface area (Å²) in [4.78, 5) is 0. The number of nitrogens with zero attached hydrogens (tertiary/aromatic N) is 3. The molecule has 0 bridgehead atoms. The van der Waals surface area contributed by atoms with Crippen LogP contribution in [0.5, 0.6) is 0 Å². The summed E-state index contributed by atoms with van der Waals surface area (Å²) in [5.74, 6) is -0.299. The molecule has 2 aromatic rings. The van der Waals surface area contributed by atoms with Gasteiger partial charge in [-0.2, -0.15) is 0 Å². The molecule has 7 heteroatoms. The van der Waals surface area contributed by atoms with Gasteiger partial charge in [0.05, 0.1) is 11.4 Å². The molecule has 0 aliphatic heterocycles. The van der Waals surface area contributed by atoms with Gasteiger partial charge in [-0.3, -0.25) is 0 Å². The smallest absolute Gasteiger partial charge is 0.169 e. The van der Waals surface area contributed by atoms with E-state index in [1.54, 1.807) is 4.57 Å². The third-order valence-corrected chi connectivity index (χ3v) is 3.42. The molecule has 20 heavy (non-hydrogen) atoms. The minimum Gasteiger partial charge on any atom is -0.310 e. The Morgan fingerprint density at radius 1 is 1.25 bits per heavy atom. The van der Waals surface area contributed by atoms with E-state index in [1.165, 1.54) is 12.1 Å². The Bertz CT molecular complexity index is 605. The topological polar surface area (TPSA) is 30.7 Å². The lowest BCUT2D eigenvalue weighted by atomic mass is 10.1. The summed E-state index contributed by atoms with van der Waals surface area (Å²) >= 11 is 8.86. The van der Waals surface area contributed by atoms with Gasteiger partial charge in [-0.1, -0.05) is 29.8 Å². The summed E-state index contributed by atoms with van der Waals surface area (Å²) in [6.07, 6.45) is 0. The van der Waals surface area contributed by atoms with Gasteiger partial charge in [0.25, 0.3) is 0 Å². The van der Waals surface area contributed by atoms with E-state index in [1.807, 2.05) is 13.8 Å². The highest BCUT2D eigenvalue weighted by Crippen LogP contribution is 2.29. The lowest BCUT2D eigenvalue weighted by Crippen LogP contribution is -2.10. The maximum absolute atomic E-state index is 14.0. The highest BCUT2D eigenvalue weighted by Gasteiger charge is 2.21. The van der Waals surface area contributed by atoms with Crippen molar-refractivity contribution in [2.24, 2.45) is 5.92 Å². The summed E-state index contributed by atoms with van der Waals surface area (Å²) in [6.45, 7) is 4.53. The Morgan fingerprint density at radius 3 is 2.35 bits per heavy atom. The van der Waals surface area contributed by atoms with Crippen LogP contribution >= 0.6 is 27.5 Å². The van der Waals surface area contributed by atoms with Gasteiger partial charge >= 0.3 is 0 Å². The Kier molecular flexibility index (Phi) is 4.75. The predicted octanol–water partition coefficient (Wildman–Crippen LogP) is 4.38. The predicted molar refractivity (Wildman–Crippen MR) is 77.5 cm³/mol. The third kappa shape index (κ3) is 3.01. The zero-order valence-corrected chi connectivity index (χ0v) is 13.3. The van der Waals surface area contributed by atoms with Crippen LogP contribution in [0.1, 0.15) is 19.7 Å². The van der Waals surface area contributed by atoms with Crippen LogP contribution in [-0.4, -0.2) is 14.8 Å². The number of hydrogen-bond donors (Lipinski definition) is 0. The van der Waals surface area contributed by atoms with E-state index in [4.69, 9.17) is 11.6 Å². The van der Waals surface area contributed by atoms with E-state index in [0.29, 0.717) is 16.8 Å². The zero-order valence-electron chi connectivity index (χ0n) is 11.0. The van der Waals surface area contributed by atoms with E-state index in [2.05, 4.69) is 26.1 Å². The third-order valence-electron chi connectivity index (χ3n) is 2.73. The quantitative estimate of drug-likeness (QED) is 0.754. The molecule has 1 aromatic carbocycles. The molecule has 0 aliphatic rings. The van der Waals surface area contributed by atoms with Gasteiger partial charge in [0.2, 0.25) is 0 Å². The summed E-state index contributed by atoms with van der Waals surface area (Å²) in [5.41, 5.74) is -0.183. The molecule has 0 amide bonds. The molecule has 0 atom stereocenters. The first-order valence-corrected chi connectivity index (χ1v) is 7.39. The molecule has 0 saturated heterocycles. The average Bonchev–Trinajstić information content (AvgIpc) is 2.70. The fourth-order valence-electron chi connectivity index (χ4n) is 1.93. The number of aromatic nitrogens is 3. The van der Waals surface area contributed by atoms with Crippen LogP contribution in [0.4, 0.5) is 8.78 Å². The van der Waals surface area contributed by atoms with Crippen LogP contribution in [0.3, 0.4) is 0 Å². The van der Waals surface area contributed by atoms with Crippen LogP contribution < -0.4 is 0 Å². The minimum atomic E-state index is -0.685. The maximum atomic E-state index is 14.0. The summed E-state index contributed by atoms with van der Waals surface area (Å²) < 4.78 is 30.1. The van der Waals surface area contributed by atoms with Crippen molar-refractivity contribution >= 4 is 27.5 Å². The summed E-state index contributed by atoms with van der Waals surface area (Å²) in [7, 11) is 0. The second-order valence-corrected chi connectivity index (χ2v) is 6.01. The van der Waals surface area contributed by atoms with E-state index in [-0.39, 0.29) is 23.2 Å². The molecular formula is C13H13BrClF2N3. The van der Waals surface area contributed by atoms with Gasteiger partial charge in [0, 0.05) is 11.0 Å². The molecule has 0 saturated carbocycles. The first kappa shape index (κ1) is 15.4. The van der Waals surface area contributed by atoms with Gasteiger partial charge in [-0.05, 0) is 18.1 Å². The van der Waals surface area contributed by atoms with Crippen molar-refractivity contribution in [1.29, 1.82) is 0 Å². The van der Waals surface area contributed by atoms with Crippen LogP contribution in [0, 0.1) is 17.6 Å². The fraction of sp³-hybridized carbons (Fsp3) is 0.385. The molecule has 1 aromatic heterocycles. The molecule has 0 fully saturated rings. The SMILES string of the molecule is CC(C)Cn1c(CCl)nnc1-c1c(F)cc(Br)cc1F. The van der Waals surface area contributed by atoms with Crippen molar-refractivity contribution in [3.05, 3.63) is 34.1 Å². The molecule has 0 spiro atoms. The molecule has 0 unspecified atom stereocenters. The van der Waals surface area contributed by atoms with Crippen LogP contribution in [0.15, 0.2) is 16.6 Å². The van der Waals surface area contributed by atoms with Crippen molar-refractivity contribution in [1.82, 2.24) is 14.8 Å². The van der Waals surface area contributed by atoms with Crippen molar-refractivity contribution in [3.8, 4) is 11.4 Å². The molecule has 0 N–H and O–H groups in total. The molecule has 1 heterocycles. The molecular weight excluding hydrogens is 352 g/mol. The monoisotopic (exact) mass is 363 g/mol. The van der Waals surface area contributed by atoms with Crippen molar-refractivity contribution in [2.75, 3.05) is 0 Å². The molecule has 0 aliphatic carbocycles. The van der Waals surface area contributed by atoms with Gasteiger partial charge in [0.15, 0.2) is 5.82 Å². The Balaban J connectivity index is 2.61.